The molecule has 0 N–H and O–H groups in total. The second-order valence-electron chi connectivity index (χ2n) is 3.19. The van der Waals surface area contributed by atoms with Gasteiger partial charge in [-0.1, -0.05) is 6.07 Å². The van der Waals surface area contributed by atoms with Crippen molar-refractivity contribution < 1.29 is 4.74 Å². The van der Waals surface area contributed by atoms with E-state index in [0.717, 1.165) is 5.88 Å². The first-order valence-electron chi connectivity index (χ1n) is 4.53. The van der Waals surface area contributed by atoms with Gasteiger partial charge in [0, 0.05) is 12.3 Å². The maximum absolute atomic E-state index is 5.66. The van der Waals surface area contributed by atoms with E-state index < -0.39 is 0 Å². The minimum atomic E-state index is 0.417. The second kappa shape index (κ2) is 3.57. The van der Waals surface area contributed by atoms with Crippen LogP contribution in [0.5, 0.6) is 5.88 Å². The van der Waals surface area contributed by atoms with Crippen LogP contribution in [-0.4, -0.2) is 11.1 Å². The molecule has 12 heavy (non-hydrogen) atoms. The van der Waals surface area contributed by atoms with Crippen LogP contribution >= 0.6 is 0 Å². The Morgan fingerprint density at radius 2 is 2.08 bits per heavy atom. The molecule has 0 spiro atoms. The normalized spacial score (nSPS) is 18.0. The Morgan fingerprint density at radius 1 is 1.25 bits per heavy atom. The summed E-state index contributed by atoms with van der Waals surface area (Å²) in [7, 11) is 0. The van der Waals surface area contributed by atoms with Crippen molar-refractivity contribution in [1.29, 1.82) is 0 Å². The van der Waals surface area contributed by atoms with Crippen LogP contribution in [0.1, 0.15) is 25.7 Å². The maximum atomic E-state index is 5.66. The molecule has 2 nitrogen and oxygen atoms in total. The average Bonchev–Trinajstić information content (AvgIpc) is 2.59. The summed E-state index contributed by atoms with van der Waals surface area (Å²) in [6.45, 7) is 0. The van der Waals surface area contributed by atoms with Crippen molar-refractivity contribution in [2.75, 3.05) is 0 Å². The Balaban J connectivity index is 1.94. The summed E-state index contributed by atoms with van der Waals surface area (Å²) in [6.07, 6.45) is 7.17. The first kappa shape index (κ1) is 7.59. The fraction of sp³-hybridized carbons (Fsp3) is 0.500. The number of hydrogen-bond acceptors (Lipinski definition) is 2. The van der Waals surface area contributed by atoms with E-state index >= 15 is 0 Å². The van der Waals surface area contributed by atoms with Gasteiger partial charge in [-0.3, -0.25) is 0 Å². The number of nitrogens with zero attached hydrogens (tertiary/aromatic N) is 1. The molecule has 0 unspecified atom stereocenters. The molecule has 1 fully saturated rings. The van der Waals surface area contributed by atoms with Gasteiger partial charge in [-0.15, -0.1) is 0 Å². The number of pyridine rings is 1. The molecule has 0 aliphatic heterocycles. The lowest BCUT2D eigenvalue weighted by molar-refractivity contribution is 0.201. The third kappa shape index (κ3) is 1.76. The van der Waals surface area contributed by atoms with Gasteiger partial charge in [0.2, 0.25) is 5.88 Å². The molecule has 64 valence electrons. The molecule has 1 aromatic rings. The highest BCUT2D eigenvalue weighted by Gasteiger charge is 2.16. The van der Waals surface area contributed by atoms with Gasteiger partial charge in [0.1, 0.15) is 6.10 Å². The van der Waals surface area contributed by atoms with Crippen LogP contribution in [0.25, 0.3) is 0 Å². The van der Waals surface area contributed by atoms with E-state index in [0.29, 0.717) is 6.10 Å². The topological polar surface area (TPSA) is 22.1 Å². The smallest absolute Gasteiger partial charge is 0.213 e. The summed E-state index contributed by atoms with van der Waals surface area (Å²) in [6, 6.07) is 5.77. The second-order valence-corrected chi connectivity index (χ2v) is 3.19. The van der Waals surface area contributed by atoms with E-state index in [1.54, 1.807) is 6.20 Å². The highest BCUT2D eigenvalue weighted by molar-refractivity contribution is 5.09. The van der Waals surface area contributed by atoms with Crippen molar-refractivity contribution in [3.8, 4) is 5.88 Å². The van der Waals surface area contributed by atoms with Crippen molar-refractivity contribution in [1.82, 2.24) is 4.98 Å². The summed E-state index contributed by atoms with van der Waals surface area (Å²) in [5, 5.41) is 0. The molecule has 0 amide bonds. The number of hydrogen-bond donors (Lipinski definition) is 0. The van der Waals surface area contributed by atoms with Crippen molar-refractivity contribution in [2.45, 2.75) is 31.8 Å². The van der Waals surface area contributed by atoms with Gasteiger partial charge in [-0.25, -0.2) is 4.98 Å². The highest BCUT2D eigenvalue weighted by atomic mass is 16.5. The Bertz CT molecular complexity index is 229. The third-order valence-electron chi connectivity index (χ3n) is 2.23. The van der Waals surface area contributed by atoms with Crippen LogP contribution in [-0.2, 0) is 0 Å². The standard InChI is InChI=1S/C10H13NO/c1-2-6-9(5-1)12-10-7-3-4-8-11-10/h3-4,7-9H,1-2,5-6H2. The molecule has 0 aromatic carbocycles. The van der Waals surface area contributed by atoms with Crippen molar-refractivity contribution in [2.24, 2.45) is 0 Å². The lowest BCUT2D eigenvalue weighted by Gasteiger charge is -2.10. The van der Waals surface area contributed by atoms with Crippen LogP contribution < -0.4 is 4.74 Å². The van der Waals surface area contributed by atoms with Crippen molar-refractivity contribution >= 4 is 0 Å². The van der Waals surface area contributed by atoms with Gasteiger partial charge in [-0.2, -0.15) is 0 Å². The molecule has 1 aliphatic carbocycles. The van der Waals surface area contributed by atoms with E-state index in [1.165, 1.54) is 25.7 Å². The van der Waals surface area contributed by atoms with Gasteiger partial charge in [0.05, 0.1) is 0 Å². The summed E-state index contributed by atoms with van der Waals surface area (Å²) in [4.78, 5) is 4.12. The predicted molar refractivity (Wildman–Crippen MR) is 47.1 cm³/mol. The van der Waals surface area contributed by atoms with Crippen LogP contribution in [0.4, 0.5) is 0 Å². The molecule has 1 aromatic heterocycles. The van der Waals surface area contributed by atoms with Crippen LogP contribution in [0, 0.1) is 0 Å². The van der Waals surface area contributed by atoms with Gasteiger partial charge in [0.25, 0.3) is 0 Å². The molecule has 0 saturated heterocycles. The SMILES string of the molecule is c1ccc(OC2CCCC2)nc1. The average molecular weight is 163 g/mol. The highest BCUT2D eigenvalue weighted by Crippen LogP contribution is 2.22. The van der Waals surface area contributed by atoms with E-state index in [9.17, 15) is 0 Å². The zero-order chi connectivity index (χ0) is 8.23. The zero-order valence-corrected chi connectivity index (χ0v) is 7.07. The molecule has 1 aliphatic rings. The number of rotatable bonds is 2. The molecule has 1 heterocycles. The third-order valence-corrected chi connectivity index (χ3v) is 2.23. The quantitative estimate of drug-likeness (QED) is 0.668. The van der Waals surface area contributed by atoms with Gasteiger partial charge < -0.3 is 4.74 Å². The predicted octanol–water partition coefficient (Wildman–Crippen LogP) is 2.40. The largest absolute Gasteiger partial charge is 0.474 e. The molecule has 2 rings (SSSR count). The fourth-order valence-electron chi connectivity index (χ4n) is 1.59. The molecule has 1 saturated carbocycles. The first-order valence-corrected chi connectivity index (χ1v) is 4.53. The van der Waals surface area contributed by atoms with Crippen LogP contribution in [0.3, 0.4) is 0 Å². The van der Waals surface area contributed by atoms with E-state index in [1.807, 2.05) is 18.2 Å². The lowest BCUT2D eigenvalue weighted by atomic mass is 10.3. The van der Waals surface area contributed by atoms with E-state index in [4.69, 9.17) is 4.74 Å². The van der Waals surface area contributed by atoms with E-state index in [-0.39, 0.29) is 0 Å². The lowest BCUT2D eigenvalue weighted by Crippen LogP contribution is -2.11. The maximum Gasteiger partial charge on any atom is 0.213 e. The first-order chi connectivity index (χ1) is 5.95. The molecule has 0 radical (unpaired) electrons. The van der Waals surface area contributed by atoms with Crippen molar-refractivity contribution in [3.63, 3.8) is 0 Å². The zero-order valence-electron chi connectivity index (χ0n) is 7.07. The Hall–Kier alpha value is -1.05. The Labute approximate surface area is 72.6 Å². The van der Waals surface area contributed by atoms with Gasteiger partial charge in [-0.05, 0) is 31.7 Å². The number of aromatic nitrogens is 1. The van der Waals surface area contributed by atoms with Gasteiger partial charge >= 0.3 is 0 Å². The summed E-state index contributed by atoms with van der Waals surface area (Å²) in [5.41, 5.74) is 0. The minimum Gasteiger partial charge on any atom is -0.474 e. The van der Waals surface area contributed by atoms with Gasteiger partial charge in [0.15, 0.2) is 0 Å². The molecule has 0 bridgehead atoms. The minimum absolute atomic E-state index is 0.417. The van der Waals surface area contributed by atoms with Crippen molar-refractivity contribution in [3.05, 3.63) is 24.4 Å². The van der Waals surface area contributed by atoms with Crippen LogP contribution in [0.15, 0.2) is 24.4 Å². The summed E-state index contributed by atoms with van der Waals surface area (Å²) in [5.74, 6) is 0.768. The summed E-state index contributed by atoms with van der Waals surface area (Å²) >= 11 is 0. The molecule has 2 heteroatoms. The molecular weight excluding hydrogens is 150 g/mol. The van der Waals surface area contributed by atoms with E-state index in [2.05, 4.69) is 4.98 Å². The monoisotopic (exact) mass is 163 g/mol. The molecule has 0 atom stereocenters. The molecular formula is C10H13NO. The van der Waals surface area contributed by atoms with Crippen LogP contribution in [0.2, 0.25) is 0 Å². The fourth-order valence-corrected chi connectivity index (χ4v) is 1.59. The Kier molecular flexibility index (Phi) is 2.26. The number of ether oxygens (including phenoxy) is 1. The Morgan fingerprint density at radius 3 is 2.75 bits per heavy atom. The summed E-state index contributed by atoms with van der Waals surface area (Å²) < 4.78 is 5.66.